The van der Waals surface area contributed by atoms with Gasteiger partial charge in [-0.3, -0.25) is 66.3 Å². The van der Waals surface area contributed by atoms with E-state index in [1.165, 1.54) is 141 Å². The first-order valence-corrected chi connectivity index (χ1v) is 43.1. The number of benzene rings is 5. The Hall–Kier alpha value is -12.2. The molecule has 0 unspecified atom stereocenters. The average molecular weight is 1580 g/mol. The lowest BCUT2D eigenvalue weighted by atomic mass is 9.95. The molecule has 5 aromatic carbocycles. The van der Waals surface area contributed by atoms with Gasteiger partial charge in [0.2, 0.25) is 0 Å². The molecule has 2 N–H and O–H groups in total. The van der Waals surface area contributed by atoms with Crippen LogP contribution >= 0.6 is 0 Å². The zero-order valence-electron chi connectivity index (χ0n) is 67.5. The summed E-state index contributed by atoms with van der Waals surface area (Å²) in [6, 6.07) is 50.5. The van der Waals surface area contributed by atoms with Crippen molar-refractivity contribution in [2.75, 3.05) is 0 Å². The average Bonchev–Trinajstić information content (AvgIpc) is 1.62. The van der Waals surface area contributed by atoms with Gasteiger partial charge in [0, 0.05) is 65.2 Å². The van der Waals surface area contributed by atoms with Gasteiger partial charge in [-0.25, -0.2) is 29.9 Å². The van der Waals surface area contributed by atoms with E-state index in [9.17, 15) is 24.0 Å². The highest BCUT2D eigenvalue weighted by Crippen LogP contribution is 2.35. The Morgan fingerprint density at radius 3 is 1.03 bits per heavy atom. The smallest absolute Gasteiger partial charge is 0.283 e. The van der Waals surface area contributed by atoms with Crippen molar-refractivity contribution in [3.63, 3.8) is 0 Å². The molecule has 118 heavy (non-hydrogen) atoms. The van der Waals surface area contributed by atoms with Gasteiger partial charge < -0.3 is 4.52 Å². The Morgan fingerprint density at radius 2 is 0.619 bits per heavy atom. The molecule has 10 heterocycles. The van der Waals surface area contributed by atoms with Crippen LogP contribution in [0.5, 0.6) is 0 Å². The Balaban J connectivity index is 0.000000110. The number of aromatic nitrogens is 19. The standard InChI is InChI=1S/C20H24N4O.2C19H22N4O.C18H19N3O2.C17H18N4O/c1-23-19-18(17(22-23)15-10-6-5-7-11-15)21-14-24(20(19)25)16-12-8-3-2-4-9-13-16;24-19-18-17(16(21-22-18)14-9-5-4-6-10-14)20-13-23(19)15-11-7-2-1-3-8-12-15;24-19-17-18(22(13-20-17)15-9-7-4-8-10-15)21-14-23(19)16-11-5-2-1-3-6-12-16;22-18-16-15(17(23-20-16)13-8-4-3-5-9-13)19-12-21(18)14-10-6-1-2-7-11-14;22-17-16-15(14(19-20-16)12-7-3-1-4-8-12)18-11-21(17)13-9-5-2-6-10-13/h5-7,10-11,14,16H,2-4,8-9,12-13H2,1H3;4-6,9-10,13,15H,1-3,7-8,11-12H2,(H,21,22);4,7-10,13-14,16H,1-3,5-6,11-12H2;3-5,8-9,12,14H,1-2,6-7,10-11H2;1,3-4,7-8,11,13H,2,5-6,9-10H2,(H,19,20). The lowest BCUT2D eigenvalue weighted by Gasteiger charge is -2.23. The third kappa shape index (κ3) is 17.9. The van der Waals surface area contributed by atoms with E-state index in [1.54, 1.807) is 51.8 Å². The third-order valence-corrected chi connectivity index (χ3v) is 24.5. The van der Waals surface area contributed by atoms with E-state index in [4.69, 9.17) is 4.52 Å². The van der Waals surface area contributed by atoms with Gasteiger partial charge in [0.25, 0.3) is 27.8 Å². The van der Waals surface area contributed by atoms with Crippen LogP contribution < -0.4 is 27.8 Å². The molecule has 10 aromatic heterocycles. The summed E-state index contributed by atoms with van der Waals surface area (Å²) < 4.78 is 18.0. The summed E-state index contributed by atoms with van der Waals surface area (Å²) in [6.07, 6.45) is 48.0. The minimum Gasteiger partial charge on any atom is -0.353 e. The molecular formula is C93H105N19O6. The monoisotopic (exact) mass is 1580 g/mol. The summed E-state index contributed by atoms with van der Waals surface area (Å²) in [5, 5.41) is 23.0. The normalized spacial score (nSPS) is 16.6. The Kier molecular flexibility index (Phi) is 25.9. The second-order valence-electron chi connectivity index (χ2n) is 32.3. The molecule has 5 aliphatic rings. The maximum Gasteiger partial charge on any atom is 0.283 e. The minimum absolute atomic E-state index is 0.000236. The number of nitrogens with one attached hydrogen (secondary N) is 2. The van der Waals surface area contributed by atoms with Crippen molar-refractivity contribution in [2.45, 2.75) is 236 Å². The molecular weight excluding hydrogens is 1480 g/mol. The van der Waals surface area contributed by atoms with Crippen LogP contribution in [-0.2, 0) is 7.05 Å². The first-order chi connectivity index (χ1) is 58.1. The predicted molar refractivity (Wildman–Crippen MR) is 463 cm³/mol. The van der Waals surface area contributed by atoms with Gasteiger partial charge >= 0.3 is 0 Å². The van der Waals surface area contributed by atoms with Crippen LogP contribution in [0.4, 0.5) is 0 Å². The third-order valence-electron chi connectivity index (χ3n) is 24.5. The topological polar surface area (TPSA) is 293 Å². The molecule has 608 valence electrons. The molecule has 25 nitrogen and oxygen atoms in total. The molecule has 0 saturated heterocycles. The van der Waals surface area contributed by atoms with Crippen LogP contribution in [0.3, 0.4) is 0 Å². The first kappa shape index (κ1) is 79.7. The highest BCUT2D eigenvalue weighted by Gasteiger charge is 2.27. The van der Waals surface area contributed by atoms with Crippen molar-refractivity contribution >= 4 is 55.3 Å². The van der Waals surface area contributed by atoms with E-state index >= 15 is 0 Å². The second-order valence-corrected chi connectivity index (χ2v) is 32.3. The number of hydrogen-bond donors (Lipinski definition) is 2. The van der Waals surface area contributed by atoms with Crippen molar-refractivity contribution < 1.29 is 4.52 Å². The van der Waals surface area contributed by atoms with Crippen LogP contribution in [0.25, 0.3) is 106 Å². The van der Waals surface area contributed by atoms with Gasteiger partial charge in [0.05, 0.1) is 25.3 Å². The Morgan fingerprint density at radius 1 is 0.305 bits per heavy atom. The van der Waals surface area contributed by atoms with Gasteiger partial charge in [-0.15, -0.1) is 0 Å². The van der Waals surface area contributed by atoms with Crippen LogP contribution in [0.2, 0.25) is 0 Å². The van der Waals surface area contributed by atoms with Crippen LogP contribution in [0, 0.1) is 0 Å². The summed E-state index contributed by atoms with van der Waals surface area (Å²) >= 11 is 0. The predicted octanol–water partition coefficient (Wildman–Crippen LogP) is 19.3. The summed E-state index contributed by atoms with van der Waals surface area (Å²) in [4.78, 5) is 91.7. The van der Waals surface area contributed by atoms with Crippen molar-refractivity contribution in [1.82, 2.24) is 92.6 Å². The molecule has 0 aliphatic heterocycles. The second kappa shape index (κ2) is 38.3. The van der Waals surface area contributed by atoms with E-state index in [1.807, 2.05) is 177 Å². The number of hydrogen-bond acceptors (Lipinski definition) is 16. The Bertz CT molecular complexity index is 5950. The molecule has 5 fully saturated rings. The van der Waals surface area contributed by atoms with Gasteiger partial charge in [-0.05, 0) is 76.3 Å². The van der Waals surface area contributed by atoms with Gasteiger partial charge in [0.15, 0.2) is 28.0 Å². The molecule has 0 atom stereocenters. The molecule has 0 radical (unpaired) electrons. The number of nitrogens with zero attached hydrogens (tertiary/aromatic N) is 17. The molecule has 5 saturated carbocycles. The maximum absolute atomic E-state index is 13.2. The maximum atomic E-state index is 13.2. The number of fused-ring (bicyclic) bond motifs is 5. The van der Waals surface area contributed by atoms with E-state index < -0.39 is 0 Å². The summed E-state index contributed by atoms with van der Waals surface area (Å²) in [5.41, 5.74) is 12.6. The summed E-state index contributed by atoms with van der Waals surface area (Å²) in [7, 11) is 1.83. The van der Waals surface area contributed by atoms with Crippen LogP contribution in [0.1, 0.15) is 236 Å². The van der Waals surface area contributed by atoms with Crippen molar-refractivity contribution in [3.05, 3.63) is 241 Å². The van der Waals surface area contributed by atoms with Gasteiger partial charge in [-0.1, -0.05) is 286 Å². The van der Waals surface area contributed by atoms with Gasteiger partial charge in [-0.2, -0.15) is 15.3 Å². The van der Waals surface area contributed by atoms with Gasteiger partial charge in [0.1, 0.15) is 62.8 Å². The summed E-state index contributed by atoms with van der Waals surface area (Å²) in [6.45, 7) is 0. The molecule has 15 aromatic rings. The fourth-order valence-electron chi connectivity index (χ4n) is 18.0. The number of H-pyrrole nitrogens is 2. The van der Waals surface area contributed by atoms with E-state index in [0.717, 1.165) is 109 Å². The number of aromatic amines is 2. The van der Waals surface area contributed by atoms with Crippen LogP contribution in [-0.4, -0.2) is 92.6 Å². The quantitative estimate of drug-likeness (QED) is 0.120. The highest BCUT2D eigenvalue weighted by molar-refractivity contribution is 5.91. The minimum atomic E-state index is -0.0900. The van der Waals surface area contributed by atoms with E-state index in [0.29, 0.717) is 61.1 Å². The highest BCUT2D eigenvalue weighted by atomic mass is 16.5. The number of aryl methyl sites for hydroxylation is 1. The lowest BCUT2D eigenvalue weighted by Crippen LogP contribution is -2.27. The molecule has 25 heteroatoms. The van der Waals surface area contributed by atoms with Crippen molar-refractivity contribution in [3.8, 4) is 50.8 Å². The molecule has 0 bridgehead atoms. The number of para-hydroxylation sites is 1. The molecule has 0 spiro atoms. The van der Waals surface area contributed by atoms with Crippen LogP contribution in [0.15, 0.2) is 218 Å². The number of rotatable bonds is 10. The largest absolute Gasteiger partial charge is 0.353 e. The fourth-order valence-corrected chi connectivity index (χ4v) is 18.0. The fraction of sp³-hybridized carbons (Fsp3) is 0.409. The zero-order valence-corrected chi connectivity index (χ0v) is 67.5. The SMILES string of the molecule is Cn1nc(-c2ccccc2)c2ncn(C3CCCCCCC3)c(=O)c21.O=c1c2[nH]nc(-c3ccccc3)c2ncn1C1CCCCC1.O=c1c2[nH]nc(-c3ccccc3)c2ncn1C1CCCCCCC1.O=c1c2ncn(-c3ccccc3)c2ncn1C1CCCCCCC1.O=c1c2noc(-c3ccccc3)c2ncn1C1CCCCCC1. The Labute approximate surface area is 683 Å². The van der Waals surface area contributed by atoms with Crippen molar-refractivity contribution in [1.29, 1.82) is 0 Å². The lowest BCUT2D eigenvalue weighted by molar-refractivity contribution is 0.345. The van der Waals surface area contributed by atoms with E-state index in [-0.39, 0.29) is 58.0 Å². The van der Waals surface area contributed by atoms with E-state index in [2.05, 4.69) is 60.6 Å². The van der Waals surface area contributed by atoms with Crippen molar-refractivity contribution in [2.24, 2.45) is 7.05 Å². The molecule has 0 amide bonds. The zero-order chi connectivity index (χ0) is 80.5. The first-order valence-electron chi connectivity index (χ1n) is 43.1. The summed E-state index contributed by atoms with van der Waals surface area (Å²) in [5.74, 6) is 0.561. The number of imidazole rings is 1. The molecule has 20 rings (SSSR count). The molecule has 5 aliphatic carbocycles.